The molecule has 3 rings (SSSR count). The maximum absolute atomic E-state index is 14.4. The molecular weight excluding hydrogens is 436 g/mol. The summed E-state index contributed by atoms with van der Waals surface area (Å²) < 4.78 is 28.0. The molecule has 0 spiro atoms. The molecule has 7 nitrogen and oxygen atoms in total. The highest BCUT2D eigenvalue weighted by Gasteiger charge is 2.32. The Morgan fingerprint density at radius 1 is 1.46 bits per heavy atom. The molecule has 0 saturated carbocycles. The molecule has 0 aliphatic carbocycles. The Bertz CT molecular complexity index is 939. The molecule has 1 N–H and O–H groups in total. The summed E-state index contributed by atoms with van der Waals surface area (Å²) in [6.45, 7) is 0.490. The second-order valence-electron chi connectivity index (χ2n) is 5.64. The summed E-state index contributed by atoms with van der Waals surface area (Å²) >= 11 is 8.73. The lowest BCUT2D eigenvalue weighted by Gasteiger charge is -2.39. The fourth-order valence-corrected chi connectivity index (χ4v) is 3.42. The van der Waals surface area contributed by atoms with E-state index in [9.17, 15) is 18.7 Å². The summed E-state index contributed by atoms with van der Waals surface area (Å²) in [5.74, 6) is -1.53. The maximum Gasteiger partial charge on any atom is 0.407 e. The van der Waals surface area contributed by atoms with E-state index >= 15 is 0 Å². The molecule has 1 aliphatic heterocycles. The molecule has 0 radical (unpaired) electrons. The minimum Gasteiger partial charge on any atom is -0.465 e. The number of aromatic nitrogens is 2. The number of carboxylic acid groups (broad SMARTS) is 1. The summed E-state index contributed by atoms with van der Waals surface area (Å²) in [7, 11) is 0. The normalized spacial score (nSPS) is 17.4. The van der Waals surface area contributed by atoms with E-state index in [1.54, 1.807) is 4.90 Å². The first-order valence-electron chi connectivity index (χ1n) is 7.45. The van der Waals surface area contributed by atoms with Crippen molar-refractivity contribution in [3.63, 3.8) is 0 Å². The number of nitriles is 1. The lowest BCUT2D eigenvalue weighted by atomic mass is 10.1. The number of hydrogen-bond acceptors (Lipinski definition) is 5. The first-order chi connectivity index (χ1) is 12.3. The number of halogens is 4. The lowest BCUT2D eigenvalue weighted by Crippen LogP contribution is -2.55. The van der Waals surface area contributed by atoms with Gasteiger partial charge in [0.05, 0.1) is 23.0 Å². The van der Waals surface area contributed by atoms with E-state index in [2.05, 4.69) is 25.9 Å². The van der Waals surface area contributed by atoms with Gasteiger partial charge in [0.1, 0.15) is 17.2 Å². The summed E-state index contributed by atoms with van der Waals surface area (Å²) in [4.78, 5) is 22.1. The number of fused-ring (bicyclic) bond motifs is 1. The predicted molar refractivity (Wildman–Crippen MR) is 93.1 cm³/mol. The van der Waals surface area contributed by atoms with Gasteiger partial charge in [-0.2, -0.15) is 10.2 Å². The third-order valence-electron chi connectivity index (χ3n) is 4.13. The molecule has 1 aromatic heterocycles. The molecule has 1 fully saturated rings. The van der Waals surface area contributed by atoms with Crippen LogP contribution in [0.5, 0.6) is 0 Å². The van der Waals surface area contributed by atoms with Crippen LogP contribution in [-0.4, -0.2) is 51.7 Å². The van der Waals surface area contributed by atoms with Crippen molar-refractivity contribution in [2.45, 2.75) is 12.5 Å². The van der Waals surface area contributed by atoms with Crippen molar-refractivity contribution in [3.05, 3.63) is 27.5 Å². The highest BCUT2D eigenvalue weighted by atomic mass is 79.9. The fraction of sp³-hybridized carbons (Fsp3) is 0.333. The van der Waals surface area contributed by atoms with E-state index in [1.807, 2.05) is 6.07 Å². The molecule has 26 heavy (non-hydrogen) atoms. The van der Waals surface area contributed by atoms with Crippen LogP contribution in [-0.2, 0) is 0 Å². The van der Waals surface area contributed by atoms with Crippen LogP contribution in [0.25, 0.3) is 10.9 Å². The molecule has 0 unspecified atom stereocenters. The second-order valence-corrected chi connectivity index (χ2v) is 6.77. The number of benzene rings is 1. The van der Waals surface area contributed by atoms with Crippen molar-refractivity contribution >= 4 is 50.3 Å². The van der Waals surface area contributed by atoms with Gasteiger partial charge in [-0.3, -0.25) is 0 Å². The number of nitrogens with zero attached hydrogens (tertiary/aromatic N) is 5. The first-order valence-corrected chi connectivity index (χ1v) is 8.62. The molecule has 136 valence electrons. The molecule has 11 heteroatoms. The van der Waals surface area contributed by atoms with E-state index in [-0.39, 0.29) is 52.5 Å². The summed E-state index contributed by atoms with van der Waals surface area (Å²) in [6, 6.07) is 2.45. The van der Waals surface area contributed by atoms with Gasteiger partial charge >= 0.3 is 6.09 Å². The SMILES string of the molecule is N#CC[C@H]1CN(c2nc(Cl)nc3c(F)c(Br)c(F)cc23)CCN1C(=O)O. The van der Waals surface area contributed by atoms with E-state index in [1.165, 1.54) is 4.90 Å². The van der Waals surface area contributed by atoms with Crippen molar-refractivity contribution in [1.82, 2.24) is 14.9 Å². The fourth-order valence-electron chi connectivity index (χ4n) is 2.95. The smallest absolute Gasteiger partial charge is 0.407 e. The van der Waals surface area contributed by atoms with Crippen LogP contribution in [0.1, 0.15) is 6.42 Å². The minimum absolute atomic E-state index is 0.0200. The van der Waals surface area contributed by atoms with Gasteiger partial charge in [-0.05, 0) is 33.6 Å². The van der Waals surface area contributed by atoms with Gasteiger partial charge in [0, 0.05) is 25.0 Å². The average molecular weight is 447 g/mol. The Labute approximate surface area is 159 Å². The van der Waals surface area contributed by atoms with Crippen molar-refractivity contribution in [3.8, 4) is 6.07 Å². The number of amides is 1. The third kappa shape index (κ3) is 3.24. The molecule has 2 aromatic rings. The van der Waals surface area contributed by atoms with Crippen molar-refractivity contribution in [2.75, 3.05) is 24.5 Å². The third-order valence-corrected chi connectivity index (χ3v) is 5.03. The van der Waals surface area contributed by atoms with Crippen LogP contribution in [0.3, 0.4) is 0 Å². The maximum atomic E-state index is 14.4. The van der Waals surface area contributed by atoms with Gasteiger partial charge < -0.3 is 14.9 Å². The van der Waals surface area contributed by atoms with E-state index in [4.69, 9.17) is 16.9 Å². The van der Waals surface area contributed by atoms with Crippen LogP contribution in [0.15, 0.2) is 10.5 Å². The van der Waals surface area contributed by atoms with Gasteiger partial charge in [0.2, 0.25) is 5.28 Å². The minimum atomic E-state index is -1.13. The number of anilines is 1. The summed E-state index contributed by atoms with van der Waals surface area (Å²) in [6.07, 6.45) is -1.15. The Hall–Kier alpha value is -2.25. The number of rotatable bonds is 2. The number of carbonyl (C=O) groups is 1. The Kier molecular flexibility index (Phi) is 5.11. The molecule has 1 aliphatic rings. The molecule has 1 aromatic carbocycles. The summed E-state index contributed by atoms with van der Waals surface area (Å²) in [5, 5.41) is 18.1. The van der Waals surface area contributed by atoms with Crippen LogP contribution < -0.4 is 4.90 Å². The first kappa shape index (κ1) is 18.5. The second kappa shape index (κ2) is 7.17. The van der Waals surface area contributed by atoms with Gasteiger partial charge in [-0.25, -0.2) is 18.6 Å². The molecular formula is C15H11BrClF2N5O2. The average Bonchev–Trinajstić information content (AvgIpc) is 2.60. The van der Waals surface area contributed by atoms with Crippen LogP contribution in [0.2, 0.25) is 5.28 Å². The van der Waals surface area contributed by atoms with Crippen molar-refractivity contribution in [1.29, 1.82) is 5.26 Å². The molecule has 0 bridgehead atoms. The zero-order chi connectivity index (χ0) is 19.0. The quantitative estimate of drug-likeness (QED) is 0.561. The van der Waals surface area contributed by atoms with Gasteiger partial charge in [-0.15, -0.1) is 0 Å². The predicted octanol–water partition coefficient (Wildman–Crippen LogP) is 3.41. The Balaban J connectivity index is 2.08. The number of piperazine rings is 1. The van der Waals surface area contributed by atoms with Crippen LogP contribution in [0, 0.1) is 23.0 Å². The Morgan fingerprint density at radius 2 is 2.19 bits per heavy atom. The molecule has 1 saturated heterocycles. The van der Waals surface area contributed by atoms with Gasteiger partial charge in [0.15, 0.2) is 5.82 Å². The van der Waals surface area contributed by atoms with Crippen molar-refractivity contribution < 1.29 is 18.7 Å². The monoisotopic (exact) mass is 445 g/mol. The zero-order valence-electron chi connectivity index (χ0n) is 13.1. The van der Waals surface area contributed by atoms with Gasteiger partial charge in [0.25, 0.3) is 0 Å². The van der Waals surface area contributed by atoms with Crippen molar-refractivity contribution in [2.24, 2.45) is 0 Å². The lowest BCUT2D eigenvalue weighted by molar-refractivity contribution is 0.119. The molecule has 1 amide bonds. The van der Waals surface area contributed by atoms with Crippen LogP contribution >= 0.6 is 27.5 Å². The highest BCUT2D eigenvalue weighted by molar-refractivity contribution is 9.10. The van der Waals surface area contributed by atoms with E-state index in [0.717, 1.165) is 6.07 Å². The zero-order valence-corrected chi connectivity index (χ0v) is 15.4. The van der Waals surface area contributed by atoms with Gasteiger partial charge in [-0.1, -0.05) is 0 Å². The largest absolute Gasteiger partial charge is 0.465 e. The van der Waals surface area contributed by atoms with E-state index < -0.39 is 23.8 Å². The van der Waals surface area contributed by atoms with Crippen LogP contribution in [0.4, 0.5) is 19.4 Å². The summed E-state index contributed by atoms with van der Waals surface area (Å²) in [5.41, 5.74) is -0.147. The van der Waals surface area contributed by atoms with E-state index in [0.29, 0.717) is 0 Å². The molecule has 2 heterocycles. The Morgan fingerprint density at radius 3 is 2.85 bits per heavy atom. The number of hydrogen-bond donors (Lipinski definition) is 1. The standard InChI is InChI=1S/C15H11BrClF2N5O2/c16-10-9(18)5-8-12(11(10)19)21-14(17)22-13(8)23-3-4-24(15(25)26)7(6-23)1-2-20/h5,7H,1,3-4,6H2,(H,25,26)/t7-/m0/s1. The topological polar surface area (TPSA) is 93.4 Å². The highest BCUT2D eigenvalue weighted by Crippen LogP contribution is 2.33. The molecule has 1 atom stereocenters.